The molecule has 0 aromatic heterocycles. The first-order valence-corrected chi connectivity index (χ1v) is 9.38. The summed E-state index contributed by atoms with van der Waals surface area (Å²) < 4.78 is 0. The van der Waals surface area contributed by atoms with Crippen LogP contribution in [0.15, 0.2) is 41.5 Å². The molecule has 0 aliphatic heterocycles. The van der Waals surface area contributed by atoms with E-state index in [1.807, 2.05) is 13.8 Å². The SMILES string of the molecule is C/C(CC(=O)Nc1cc(Cl)ccc1C)=N\NC(=O)C(=O)Nc1ccc(C)c(Cl)c1. The Balaban J connectivity index is 1.88. The molecule has 0 heterocycles. The fourth-order valence-corrected chi connectivity index (χ4v) is 2.60. The van der Waals surface area contributed by atoms with Crippen molar-refractivity contribution in [2.24, 2.45) is 5.10 Å². The van der Waals surface area contributed by atoms with Crippen molar-refractivity contribution in [1.82, 2.24) is 5.43 Å². The number of carbonyl (C=O) groups excluding carboxylic acids is 3. The molecule has 3 amide bonds. The summed E-state index contributed by atoms with van der Waals surface area (Å²) in [5.41, 5.74) is 5.13. The van der Waals surface area contributed by atoms with E-state index in [-0.39, 0.29) is 12.3 Å². The average molecular weight is 435 g/mol. The highest BCUT2D eigenvalue weighted by molar-refractivity contribution is 6.40. The van der Waals surface area contributed by atoms with Crippen molar-refractivity contribution >= 4 is 58.0 Å². The van der Waals surface area contributed by atoms with Crippen LogP contribution < -0.4 is 16.1 Å². The normalized spacial score (nSPS) is 11.0. The molecule has 0 saturated heterocycles. The molecule has 0 atom stereocenters. The fourth-order valence-electron chi connectivity index (χ4n) is 2.25. The molecule has 0 bridgehead atoms. The van der Waals surface area contributed by atoms with Crippen LogP contribution in [-0.4, -0.2) is 23.4 Å². The number of nitrogens with zero attached hydrogens (tertiary/aromatic N) is 1. The standard InChI is InChI=1S/C20H20Cl2N4O3/c1-11-5-7-15(10-16(11)22)23-19(28)20(29)26-25-13(3)8-18(27)24-17-9-14(21)6-4-12(17)2/h4-7,9-10H,8H2,1-3H3,(H,23,28)(H,24,27)(H,26,29)/b25-13+. The van der Waals surface area contributed by atoms with Crippen molar-refractivity contribution in [3.05, 3.63) is 57.6 Å². The van der Waals surface area contributed by atoms with Gasteiger partial charge in [0.2, 0.25) is 5.91 Å². The zero-order valence-corrected chi connectivity index (χ0v) is 17.6. The first-order chi connectivity index (χ1) is 13.7. The quantitative estimate of drug-likeness (QED) is 0.375. The number of carbonyl (C=O) groups is 3. The third kappa shape index (κ3) is 6.89. The lowest BCUT2D eigenvalue weighted by Gasteiger charge is -2.09. The molecule has 0 saturated carbocycles. The van der Waals surface area contributed by atoms with Gasteiger partial charge in [-0.25, -0.2) is 5.43 Å². The predicted octanol–water partition coefficient (Wildman–Crippen LogP) is 4.07. The Labute approximate surface area is 178 Å². The highest BCUT2D eigenvalue weighted by Crippen LogP contribution is 2.21. The Morgan fingerprint density at radius 1 is 0.931 bits per heavy atom. The van der Waals surface area contributed by atoms with Crippen LogP contribution in [0, 0.1) is 13.8 Å². The smallest absolute Gasteiger partial charge is 0.325 e. The van der Waals surface area contributed by atoms with Crippen LogP contribution in [0.3, 0.4) is 0 Å². The number of rotatable bonds is 5. The molecule has 2 aromatic rings. The predicted molar refractivity (Wildman–Crippen MR) is 116 cm³/mol. The van der Waals surface area contributed by atoms with Crippen LogP contribution in [0.4, 0.5) is 11.4 Å². The molecule has 0 aliphatic carbocycles. The molecule has 0 aliphatic rings. The van der Waals surface area contributed by atoms with E-state index in [4.69, 9.17) is 23.2 Å². The second kappa shape index (κ2) is 10.0. The van der Waals surface area contributed by atoms with Gasteiger partial charge in [0.15, 0.2) is 0 Å². The molecule has 152 valence electrons. The van der Waals surface area contributed by atoms with Crippen molar-refractivity contribution in [2.45, 2.75) is 27.2 Å². The lowest BCUT2D eigenvalue weighted by molar-refractivity contribution is -0.136. The molecule has 7 nitrogen and oxygen atoms in total. The third-order valence-electron chi connectivity index (χ3n) is 3.87. The van der Waals surface area contributed by atoms with Crippen LogP contribution in [0.5, 0.6) is 0 Å². The summed E-state index contributed by atoms with van der Waals surface area (Å²) in [6.45, 7) is 5.22. The maximum absolute atomic E-state index is 12.1. The first kappa shape index (κ1) is 22.4. The molecule has 3 N–H and O–H groups in total. The Morgan fingerprint density at radius 3 is 2.31 bits per heavy atom. The average Bonchev–Trinajstić information content (AvgIpc) is 2.65. The number of anilines is 2. The number of hydrazone groups is 1. The van der Waals surface area contributed by atoms with E-state index >= 15 is 0 Å². The summed E-state index contributed by atoms with van der Waals surface area (Å²) in [7, 11) is 0. The van der Waals surface area contributed by atoms with E-state index in [2.05, 4.69) is 21.2 Å². The van der Waals surface area contributed by atoms with Crippen LogP contribution in [-0.2, 0) is 14.4 Å². The molecular weight excluding hydrogens is 415 g/mol. The number of benzene rings is 2. The van der Waals surface area contributed by atoms with Crippen LogP contribution in [0.1, 0.15) is 24.5 Å². The number of aryl methyl sites for hydroxylation is 2. The van der Waals surface area contributed by atoms with Gasteiger partial charge >= 0.3 is 11.8 Å². The van der Waals surface area contributed by atoms with E-state index in [0.717, 1.165) is 11.1 Å². The van der Waals surface area contributed by atoms with Crippen LogP contribution in [0.25, 0.3) is 0 Å². The maximum Gasteiger partial charge on any atom is 0.329 e. The first-order valence-electron chi connectivity index (χ1n) is 8.62. The highest BCUT2D eigenvalue weighted by atomic mass is 35.5. The highest BCUT2D eigenvalue weighted by Gasteiger charge is 2.14. The summed E-state index contributed by atoms with van der Waals surface area (Å²) in [5, 5.41) is 9.91. The largest absolute Gasteiger partial charge is 0.329 e. The van der Waals surface area contributed by atoms with Gasteiger partial charge in [-0.2, -0.15) is 5.10 Å². The maximum atomic E-state index is 12.1. The Bertz CT molecular complexity index is 990. The second-order valence-electron chi connectivity index (χ2n) is 6.39. The Kier molecular flexibility index (Phi) is 7.75. The van der Waals surface area contributed by atoms with Gasteiger partial charge in [0.1, 0.15) is 0 Å². The minimum atomic E-state index is -0.966. The van der Waals surface area contributed by atoms with E-state index in [1.165, 1.54) is 0 Å². The monoisotopic (exact) mass is 434 g/mol. The molecular formula is C20H20Cl2N4O3. The summed E-state index contributed by atoms with van der Waals surface area (Å²) in [6, 6.07) is 10.0. The number of hydrogen-bond acceptors (Lipinski definition) is 4. The van der Waals surface area contributed by atoms with Gasteiger partial charge < -0.3 is 10.6 Å². The van der Waals surface area contributed by atoms with Crippen molar-refractivity contribution < 1.29 is 14.4 Å². The molecule has 29 heavy (non-hydrogen) atoms. The van der Waals surface area contributed by atoms with Gasteiger partial charge in [0, 0.05) is 27.1 Å². The minimum Gasteiger partial charge on any atom is -0.325 e. The molecule has 2 rings (SSSR count). The van der Waals surface area contributed by atoms with Crippen molar-refractivity contribution in [3.63, 3.8) is 0 Å². The van der Waals surface area contributed by atoms with Gasteiger partial charge in [0.25, 0.3) is 0 Å². The molecule has 0 radical (unpaired) electrons. The zero-order chi connectivity index (χ0) is 21.6. The lowest BCUT2D eigenvalue weighted by atomic mass is 10.2. The van der Waals surface area contributed by atoms with E-state index < -0.39 is 11.8 Å². The van der Waals surface area contributed by atoms with Gasteiger partial charge in [-0.3, -0.25) is 14.4 Å². The topological polar surface area (TPSA) is 99.7 Å². The van der Waals surface area contributed by atoms with Crippen molar-refractivity contribution in [1.29, 1.82) is 0 Å². The lowest BCUT2D eigenvalue weighted by Crippen LogP contribution is -2.33. The van der Waals surface area contributed by atoms with Crippen molar-refractivity contribution in [2.75, 3.05) is 10.6 Å². The summed E-state index contributed by atoms with van der Waals surface area (Å²) in [4.78, 5) is 35.9. The van der Waals surface area contributed by atoms with E-state index in [1.54, 1.807) is 43.3 Å². The molecule has 0 unspecified atom stereocenters. The Hall–Kier alpha value is -2.90. The van der Waals surface area contributed by atoms with E-state index in [0.29, 0.717) is 27.1 Å². The Morgan fingerprint density at radius 2 is 1.62 bits per heavy atom. The van der Waals surface area contributed by atoms with Crippen LogP contribution >= 0.6 is 23.2 Å². The fraction of sp³-hybridized carbons (Fsp3) is 0.200. The van der Waals surface area contributed by atoms with Gasteiger partial charge in [0.05, 0.1) is 6.42 Å². The van der Waals surface area contributed by atoms with Gasteiger partial charge in [-0.15, -0.1) is 0 Å². The molecule has 0 spiro atoms. The zero-order valence-electron chi connectivity index (χ0n) is 16.1. The van der Waals surface area contributed by atoms with E-state index in [9.17, 15) is 14.4 Å². The molecule has 9 heteroatoms. The van der Waals surface area contributed by atoms with Crippen molar-refractivity contribution in [3.8, 4) is 0 Å². The number of amides is 3. The van der Waals surface area contributed by atoms with Gasteiger partial charge in [-0.1, -0.05) is 35.3 Å². The van der Waals surface area contributed by atoms with Crippen LogP contribution in [0.2, 0.25) is 10.0 Å². The minimum absolute atomic E-state index is 0.0680. The second-order valence-corrected chi connectivity index (χ2v) is 7.23. The van der Waals surface area contributed by atoms with Gasteiger partial charge in [-0.05, 0) is 56.2 Å². The molecule has 0 fully saturated rings. The summed E-state index contributed by atoms with van der Waals surface area (Å²) in [6.07, 6.45) is -0.0680. The third-order valence-corrected chi connectivity index (χ3v) is 4.52. The number of halogens is 2. The number of hydrogen-bond donors (Lipinski definition) is 3. The summed E-state index contributed by atoms with van der Waals surface area (Å²) in [5.74, 6) is -2.20. The summed E-state index contributed by atoms with van der Waals surface area (Å²) >= 11 is 11.9. The molecule has 2 aromatic carbocycles. The number of nitrogens with one attached hydrogen (secondary N) is 3.